The Morgan fingerprint density at radius 2 is 1.74 bits per heavy atom. The van der Waals surface area contributed by atoms with Crippen LogP contribution in [0.2, 0.25) is 0 Å². The zero-order valence-electron chi connectivity index (χ0n) is 16.1. The van der Waals surface area contributed by atoms with Crippen LogP contribution in [0.5, 0.6) is 0 Å². The number of carbonyl (C=O) groups is 4. The molecule has 27 heavy (non-hydrogen) atoms. The second kappa shape index (κ2) is 10.4. The molecule has 0 saturated carbocycles. The predicted octanol–water partition coefficient (Wildman–Crippen LogP) is 0.245. The number of benzene rings is 1. The van der Waals surface area contributed by atoms with Gasteiger partial charge in [-0.05, 0) is 17.9 Å². The molecule has 3 N–H and O–H groups in total. The molecular weight excluding hydrogens is 350 g/mol. The Bertz CT molecular complexity index is 675. The quantitative estimate of drug-likeness (QED) is 0.519. The minimum absolute atomic E-state index is 0.0450. The first-order chi connectivity index (χ1) is 12.7. The number of amides is 3. The van der Waals surface area contributed by atoms with E-state index in [1.807, 2.05) is 13.8 Å². The van der Waals surface area contributed by atoms with Gasteiger partial charge in [-0.25, -0.2) is 4.79 Å². The van der Waals surface area contributed by atoms with Crippen LogP contribution in [0.25, 0.3) is 0 Å². The number of hydrogen-bond donors (Lipinski definition) is 2. The number of ether oxygens (including phenoxy) is 1. The van der Waals surface area contributed by atoms with Crippen molar-refractivity contribution in [1.82, 2.24) is 10.2 Å². The molecule has 2 atom stereocenters. The van der Waals surface area contributed by atoms with Crippen molar-refractivity contribution in [1.29, 1.82) is 0 Å². The Labute approximate surface area is 159 Å². The zero-order valence-corrected chi connectivity index (χ0v) is 16.1. The molecule has 0 spiro atoms. The molecule has 0 bridgehead atoms. The molecule has 0 unspecified atom stereocenters. The van der Waals surface area contributed by atoms with Crippen molar-refractivity contribution in [3.05, 3.63) is 35.9 Å². The predicted molar refractivity (Wildman–Crippen MR) is 99.3 cm³/mol. The lowest BCUT2D eigenvalue weighted by Crippen LogP contribution is -2.58. The normalized spacial score (nSPS) is 12.8. The number of rotatable bonds is 7. The van der Waals surface area contributed by atoms with Crippen molar-refractivity contribution < 1.29 is 23.9 Å². The van der Waals surface area contributed by atoms with Crippen molar-refractivity contribution in [2.45, 2.75) is 38.8 Å². The molecule has 0 fully saturated rings. The molecule has 8 heteroatoms. The van der Waals surface area contributed by atoms with E-state index in [-0.39, 0.29) is 12.3 Å². The summed E-state index contributed by atoms with van der Waals surface area (Å²) in [4.78, 5) is 50.4. The summed E-state index contributed by atoms with van der Waals surface area (Å²) < 4.78 is 4.46. The zero-order chi connectivity index (χ0) is 20.6. The van der Waals surface area contributed by atoms with Crippen LogP contribution in [0, 0.1) is 5.92 Å². The first kappa shape index (κ1) is 22.3. The molecule has 0 aliphatic heterocycles. The number of likely N-dealkylation sites (N-methyl/N-ethyl adjacent to an activating group) is 1. The Kier molecular flexibility index (Phi) is 8.61. The van der Waals surface area contributed by atoms with Gasteiger partial charge in [0.15, 0.2) is 0 Å². The first-order valence-corrected chi connectivity index (χ1v) is 8.69. The first-order valence-electron chi connectivity index (χ1n) is 8.69. The molecule has 0 aliphatic rings. The van der Waals surface area contributed by atoms with E-state index in [1.54, 1.807) is 30.3 Å². The Hall–Kier alpha value is -2.74. The van der Waals surface area contributed by atoms with E-state index in [4.69, 9.17) is 5.73 Å². The summed E-state index contributed by atoms with van der Waals surface area (Å²) in [6, 6.07) is 6.62. The van der Waals surface area contributed by atoms with Gasteiger partial charge >= 0.3 is 11.9 Å². The Morgan fingerprint density at radius 3 is 2.22 bits per heavy atom. The molecule has 148 valence electrons. The Morgan fingerprint density at radius 1 is 1.15 bits per heavy atom. The van der Waals surface area contributed by atoms with Crippen LogP contribution in [0.3, 0.4) is 0 Å². The maximum absolute atomic E-state index is 12.9. The summed E-state index contributed by atoms with van der Waals surface area (Å²) in [6.07, 6.45) is 0.346. The summed E-state index contributed by atoms with van der Waals surface area (Å²) in [7, 11) is 2.42. The molecule has 3 amide bonds. The van der Waals surface area contributed by atoms with Gasteiger partial charge in [0, 0.05) is 13.5 Å². The molecule has 0 saturated heterocycles. The van der Waals surface area contributed by atoms with Crippen molar-refractivity contribution in [3.63, 3.8) is 0 Å². The van der Waals surface area contributed by atoms with Gasteiger partial charge < -0.3 is 15.8 Å². The molecule has 0 aromatic heterocycles. The standard InChI is InChI=1S/C19H27N3O5/c1-12(2)10-14(20)17(24)22(18(25)19(26)27-4)15(16(23)21-3)11-13-8-6-5-7-9-13/h5-9,12,14-15H,10-11,20H2,1-4H3,(H,21,23)/t14-,15-/m0/s1. The van der Waals surface area contributed by atoms with Crippen molar-refractivity contribution in [2.75, 3.05) is 14.2 Å². The molecule has 8 nitrogen and oxygen atoms in total. The van der Waals surface area contributed by atoms with Gasteiger partial charge in [0.25, 0.3) is 0 Å². The van der Waals surface area contributed by atoms with E-state index in [2.05, 4.69) is 10.1 Å². The maximum Gasteiger partial charge on any atom is 0.397 e. The molecule has 1 rings (SSSR count). The van der Waals surface area contributed by atoms with Crippen LogP contribution >= 0.6 is 0 Å². The van der Waals surface area contributed by atoms with Crippen molar-refractivity contribution >= 4 is 23.7 Å². The van der Waals surface area contributed by atoms with E-state index < -0.39 is 35.8 Å². The van der Waals surface area contributed by atoms with Gasteiger partial charge in [0.05, 0.1) is 13.2 Å². The number of nitrogens with two attached hydrogens (primary N) is 1. The monoisotopic (exact) mass is 377 g/mol. The number of nitrogens with one attached hydrogen (secondary N) is 1. The van der Waals surface area contributed by atoms with Crippen LogP contribution in [0.1, 0.15) is 25.8 Å². The highest BCUT2D eigenvalue weighted by Crippen LogP contribution is 2.15. The van der Waals surface area contributed by atoms with Gasteiger partial charge in [-0.15, -0.1) is 0 Å². The van der Waals surface area contributed by atoms with Crippen molar-refractivity contribution in [2.24, 2.45) is 11.7 Å². The van der Waals surface area contributed by atoms with Crippen LogP contribution in [0.4, 0.5) is 0 Å². The molecule has 0 radical (unpaired) electrons. The number of imide groups is 1. The van der Waals surface area contributed by atoms with Gasteiger partial charge in [-0.2, -0.15) is 0 Å². The highest BCUT2D eigenvalue weighted by molar-refractivity contribution is 6.36. The maximum atomic E-state index is 12.9. The number of carbonyl (C=O) groups excluding carboxylic acids is 4. The van der Waals surface area contributed by atoms with Gasteiger partial charge in [0.1, 0.15) is 6.04 Å². The van der Waals surface area contributed by atoms with Crippen molar-refractivity contribution in [3.8, 4) is 0 Å². The number of hydrogen-bond acceptors (Lipinski definition) is 6. The largest absolute Gasteiger partial charge is 0.462 e. The van der Waals surface area contributed by atoms with E-state index >= 15 is 0 Å². The van der Waals surface area contributed by atoms with E-state index in [1.165, 1.54) is 7.05 Å². The molecule has 1 aromatic carbocycles. The van der Waals surface area contributed by atoms with Gasteiger partial charge in [-0.1, -0.05) is 44.2 Å². The van der Waals surface area contributed by atoms with Crippen LogP contribution in [0.15, 0.2) is 30.3 Å². The van der Waals surface area contributed by atoms with E-state index in [9.17, 15) is 19.2 Å². The van der Waals surface area contributed by atoms with Gasteiger partial charge in [0.2, 0.25) is 11.8 Å². The molecule has 0 heterocycles. The summed E-state index contributed by atoms with van der Waals surface area (Å²) >= 11 is 0. The third kappa shape index (κ3) is 6.18. The highest BCUT2D eigenvalue weighted by Gasteiger charge is 2.40. The number of esters is 1. The van der Waals surface area contributed by atoms with E-state index in [0.717, 1.165) is 12.7 Å². The minimum Gasteiger partial charge on any atom is -0.462 e. The lowest BCUT2D eigenvalue weighted by molar-refractivity contribution is -0.165. The Balaban J connectivity index is 3.31. The summed E-state index contributed by atoms with van der Waals surface area (Å²) in [5, 5.41) is 2.43. The summed E-state index contributed by atoms with van der Waals surface area (Å²) in [5.41, 5.74) is 6.67. The average Bonchev–Trinajstić information content (AvgIpc) is 2.65. The average molecular weight is 377 g/mol. The second-order valence-corrected chi connectivity index (χ2v) is 6.56. The molecular formula is C19H27N3O5. The lowest BCUT2D eigenvalue weighted by Gasteiger charge is -2.30. The van der Waals surface area contributed by atoms with Crippen LogP contribution in [-0.4, -0.2) is 54.8 Å². The fourth-order valence-electron chi connectivity index (χ4n) is 2.67. The minimum atomic E-state index is -1.23. The van der Waals surface area contributed by atoms with Crippen LogP contribution < -0.4 is 11.1 Å². The fraction of sp³-hybridized carbons (Fsp3) is 0.474. The molecule has 1 aromatic rings. The van der Waals surface area contributed by atoms with Gasteiger partial charge in [-0.3, -0.25) is 19.3 Å². The van der Waals surface area contributed by atoms with E-state index in [0.29, 0.717) is 11.3 Å². The molecule has 0 aliphatic carbocycles. The lowest BCUT2D eigenvalue weighted by atomic mass is 9.99. The summed E-state index contributed by atoms with van der Waals surface area (Å²) in [5.74, 6) is -3.73. The fourth-order valence-corrected chi connectivity index (χ4v) is 2.67. The number of methoxy groups -OCH3 is 1. The SMILES string of the molecule is CNC(=O)[C@H](Cc1ccccc1)N(C(=O)C(=O)OC)C(=O)[C@@H](N)CC(C)C. The smallest absolute Gasteiger partial charge is 0.397 e. The summed E-state index contributed by atoms with van der Waals surface area (Å²) in [6.45, 7) is 3.75. The van der Waals surface area contributed by atoms with Crippen LogP contribution in [-0.2, 0) is 30.3 Å². The highest BCUT2D eigenvalue weighted by atomic mass is 16.5. The third-order valence-electron chi connectivity index (χ3n) is 3.99. The topological polar surface area (TPSA) is 119 Å². The number of nitrogens with zero attached hydrogens (tertiary/aromatic N) is 1. The third-order valence-corrected chi connectivity index (χ3v) is 3.99. The second-order valence-electron chi connectivity index (χ2n) is 6.56.